The van der Waals surface area contributed by atoms with Gasteiger partial charge in [-0.15, -0.1) is 0 Å². The minimum atomic E-state index is -1.08. The predicted octanol–water partition coefficient (Wildman–Crippen LogP) is 1.57. The molecule has 94 valence electrons. The summed E-state index contributed by atoms with van der Waals surface area (Å²) in [5, 5.41) is 8.86. The highest BCUT2D eigenvalue weighted by Gasteiger charge is 2.41. The first-order valence-electron chi connectivity index (χ1n) is 5.87. The number of hydrogen-bond donors (Lipinski definition) is 1. The van der Waals surface area contributed by atoms with Crippen molar-refractivity contribution < 1.29 is 19.1 Å². The van der Waals surface area contributed by atoms with Crippen molar-refractivity contribution in [1.82, 2.24) is 4.90 Å². The van der Waals surface area contributed by atoms with Crippen LogP contribution >= 0.6 is 0 Å². The summed E-state index contributed by atoms with van der Waals surface area (Å²) < 4.78 is 5.15. The number of nitrogens with zero attached hydrogens (tertiary/aromatic N) is 1. The molecule has 18 heavy (non-hydrogen) atoms. The van der Waals surface area contributed by atoms with Gasteiger partial charge in [0.25, 0.3) is 0 Å². The SMILES string of the molecule is Cc1oc(C(=O)O)cc1CN1C(=O)C2C=CC1C2. The number of carboxylic acid groups (broad SMARTS) is 1. The minimum Gasteiger partial charge on any atom is -0.475 e. The van der Waals surface area contributed by atoms with Crippen LogP contribution in [0.5, 0.6) is 0 Å². The Hall–Kier alpha value is -2.04. The van der Waals surface area contributed by atoms with Gasteiger partial charge in [0.15, 0.2) is 0 Å². The standard InChI is InChI=1S/C13H13NO4/c1-7-9(5-11(18-7)13(16)17)6-14-10-3-2-8(4-10)12(14)15/h2-3,5,8,10H,4,6H2,1H3,(H,16,17). The van der Waals surface area contributed by atoms with Gasteiger partial charge >= 0.3 is 5.97 Å². The third kappa shape index (κ3) is 1.54. The summed E-state index contributed by atoms with van der Waals surface area (Å²) in [5.74, 6) is -0.457. The van der Waals surface area contributed by atoms with E-state index in [0.717, 1.165) is 12.0 Å². The normalized spacial score (nSPS) is 25.2. The van der Waals surface area contributed by atoms with Crippen LogP contribution in [0.4, 0.5) is 0 Å². The van der Waals surface area contributed by atoms with E-state index in [9.17, 15) is 9.59 Å². The molecule has 0 saturated carbocycles. The van der Waals surface area contributed by atoms with E-state index in [-0.39, 0.29) is 23.6 Å². The molecule has 1 aliphatic carbocycles. The molecular formula is C13H13NO4. The van der Waals surface area contributed by atoms with Gasteiger partial charge < -0.3 is 14.4 Å². The Bertz CT molecular complexity index is 557. The van der Waals surface area contributed by atoms with Gasteiger partial charge in [0.05, 0.1) is 12.0 Å². The molecule has 1 aromatic rings. The monoisotopic (exact) mass is 247 g/mol. The number of carbonyl (C=O) groups is 2. The highest BCUT2D eigenvalue weighted by atomic mass is 16.4. The second-order valence-electron chi connectivity index (χ2n) is 4.76. The largest absolute Gasteiger partial charge is 0.475 e. The number of likely N-dealkylation sites (tertiary alicyclic amines) is 1. The molecule has 1 aliphatic heterocycles. The van der Waals surface area contributed by atoms with Crippen molar-refractivity contribution in [2.24, 2.45) is 5.92 Å². The Morgan fingerprint density at radius 3 is 2.89 bits per heavy atom. The Kier molecular flexibility index (Phi) is 2.29. The average Bonchev–Trinajstić information content (AvgIpc) is 2.97. The van der Waals surface area contributed by atoms with E-state index in [0.29, 0.717) is 12.3 Å². The number of amides is 1. The number of aryl methyl sites for hydroxylation is 1. The number of hydrogen-bond acceptors (Lipinski definition) is 3. The fraction of sp³-hybridized carbons (Fsp3) is 0.385. The minimum absolute atomic E-state index is 0.0150. The molecule has 1 aromatic heterocycles. The van der Waals surface area contributed by atoms with E-state index in [1.165, 1.54) is 6.07 Å². The van der Waals surface area contributed by atoms with Gasteiger partial charge in [-0.25, -0.2) is 4.79 Å². The summed E-state index contributed by atoms with van der Waals surface area (Å²) in [6, 6.07) is 1.66. The van der Waals surface area contributed by atoms with E-state index < -0.39 is 5.97 Å². The van der Waals surface area contributed by atoms with Crippen LogP contribution in [0.3, 0.4) is 0 Å². The van der Waals surface area contributed by atoms with Crippen molar-refractivity contribution in [2.45, 2.75) is 25.9 Å². The Morgan fingerprint density at radius 1 is 1.56 bits per heavy atom. The fourth-order valence-electron chi connectivity index (χ4n) is 2.63. The first-order valence-corrected chi connectivity index (χ1v) is 5.87. The summed E-state index contributed by atoms with van der Waals surface area (Å²) in [6.45, 7) is 2.14. The van der Waals surface area contributed by atoms with Crippen LogP contribution in [-0.2, 0) is 11.3 Å². The van der Waals surface area contributed by atoms with Crippen LogP contribution < -0.4 is 0 Å². The van der Waals surface area contributed by atoms with Crippen LogP contribution in [0.2, 0.25) is 0 Å². The molecule has 1 fully saturated rings. The molecule has 2 heterocycles. The quantitative estimate of drug-likeness (QED) is 0.823. The molecular weight excluding hydrogens is 234 g/mol. The molecule has 2 bridgehead atoms. The lowest BCUT2D eigenvalue weighted by atomic mass is 10.1. The van der Waals surface area contributed by atoms with Crippen LogP contribution in [-0.4, -0.2) is 27.9 Å². The number of furan rings is 1. The van der Waals surface area contributed by atoms with E-state index in [1.807, 2.05) is 12.2 Å². The van der Waals surface area contributed by atoms with Gasteiger partial charge in [0.2, 0.25) is 11.7 Å². The Balaban J connectivity index is 1.83. The number of aromatic carboxylic acids is 1. The van der Waals surface area contributed by atoms with Gasteiger partial charge in [0.1, 0.15) is 5.76 Å². The third-order valence-electron chi connectivity index (χ3n) is 3.63. The number of carboxylic acids is 1. The molecule has 1 saturated heterocycles. The third-order valence-corrected chi connectivity index (χ3v) is 3.63. The predicted molar refractivity (Wildman–Crippen MR) is 62.0 cm³/mol. The number of fused-ring (bicyclic) bond motifs is 2. The molecule has 0 spiro atoms. The van der Waals surface area contributed by atoms with Crippen molar-refractivity contribution in [2.75, 3.05) is 0 Å². The van der Waals surface area contributed by atoms with Gasteiger partial charge in [-0.3, -0.25) is 4.79 Å². The summed E-state index contributed by atoms with van der Waals surface area (Å²) in [6.07, 6.45) is 4.84. The van der Waals surface area contributed by atoms with Gasteiger partial charge in [0, 0.05) is 12.1 Å². The second kappa shape index (κ2) is 3.73. The molecule has 1 amide bonds. The zero-order valence-electron chi connectivity index (χ0n) is 9.92. The molecule has 5 heteroatoms. The zero-order valence-corrected chi connectivity index (χ0v) is 9.92. The average molecular weight is 247 g/mol. The summed E-state index contributed by atoms with van der Waals surface area (Å²) in [7, 11) is 0. The first-order chi connectivity index (χ1) is 8.56. The lowest BCUT2D eigenvalue weighted by Crippen LogP contribution is -2.34. The van der Waals surface area contributed by atoms with Gasteiger partial charge in [-0.05, 0) is 19.4 Å². The van der Waals surface area contributed by atoms with Crippen LogP contribution in [0, 0.1) is 12.8 Å². The van der Waals surface area contributed by atoms with E-state index >= 15 is 0 Å². The Labute approximate surface area is 104 Å². The van der Waals surface area contributed by atoms with Crippen molar-refractivity contribution in [3.05, 3.63) is 35.3 Å². The summed E-state index contributed by atoms with van der Waals surface area (Å²) in [5.41, 5.74) is 0.765. The lowest BCUT2D eigenvalue weighted by molar-refractivity contribution is -0.131. The maximum Gasteiger partial charge on any atom is 0.371 e. The van der Waals surface area contributed by atoms with E-state index in [1.54, 1.807) is 11.8 Å². The maximum atomic E-state index is 12.0. The molecule has 0 aromatic carbocycles. The lowest BCUT2D eigenvalue weighted by Gasteiger charge is -2.23. The topological polar surface area (TPSA) is 70.8 Å². The zero-order chi connectivity index (χ0) is 12.9. The first kappa shape index (κ1) is 11.1. The molecule has 2 aliphatic rings. The molecule has 0 radical (unpaired) electrons. The smallest absolute Gasteiger partial charge is 0.371 e. The molecule has 1 N–H and O–H groups in total. The van der Waals surface area contributed by atoms with E-state index in [4.69, 9.17) is 9.52 Å². The van der Waals surface area contributed by atoms with Crippen molar-refractivity contribution in [3.8, 4) is 0 Å². The highest BCUT2D eigenvalue weighted by Crippen LogP contribution is 2.34. The molecule has 3 rings (SSSR count). The molecule has 2 unspecified atom stereocenters. The van der Waals surface area contributed by atoms with Crippen molar-refractivity contribution in [3.63, 3.8) is 0 Å². The fourth-order valence-corrected chi connectivity index (χ4v) is 2.63. The second-order valence-corrected chi connectivity index (χ2v) is 4.76. The summed E-state index contributed by atoms with van der Waals surface area (Å²) in [4.78, 5) is 24.5. The van der Waals surface area contributed by atoms with E-state index in [2.05, 4.69) is 0 Å². The van der Waals surface area contributed by atoms with Crippen molar-refractivity contribution >= 4 is 11.9 Å². The number of carbonyl (C=O) groups excluding carboxylic acids is 1. The van der Waals surface area contributed by atoms with Crippen LogP contribution in [0.25, 0.3) is 0 Å². The maximum absolute atomic E-state index is 12.0. The van der Waals surface area contributed by atoms with Gasteiger partial charge in [-0.2, -0.15) is 0 Å². The van der Waals surface area contributed by atoms with Crippen LogP contribution in [0.15, 0.2) is 22.6 Å². The van der Waals surface area contributed by atoms with Gasteiger partial charge in [-0.1, -0.05) is 12.2 Å². The highest BCUT2D eigenvalue weighted by molar-refractivity contribution is 5.86. The summed E-state index contributed by atoms with van der Waals surface area (Å²) >= 11 is 0. The number of rotatable bonds is 3. The van der Waals surface area contributed by atoms with Crippen molar-refractivity contribution in [1.29, 1.82) is 0 Å². The molecule has 5 nitrogen and oxygen atoms in total. The Morgan fingerprint density at radius 2 is 2.33 bits per heavy atom. The molecule has 2 atom stereocenters. The van der Waals surface area contributed by atoms with Crippen LogP contribution in [0.1, 0.15) is 28.3 Å².